The van der Waals surface area contributed by atoms with Gasteiger partial charge in [-0.05, 0) is 6.92 Å². The Hall–Kier alpha value is -2.17. The second kappa shape index (κ2) is 6.98. The van der Waals surface area contributed by atoms with Crippen LogP contribution in [0.4, 0.5) is 8.78 Å². The van der Waals surface area contributed by atoms with E-state index in [1.165, 1.54) is 18.3 Å². The van der Waals surface area contributed by atoms with Gasteiger partial charge < -0.3 is 0 Å². The van der Waals surface area contributed by atoms with Crippen LogP contribution in [0, 0.1) is 6.92 Å². The maximum absolute atomic E-state index is 12.7. The molecular weight excluding hydrogens is 370 g/mol. The minimum atomic E-state index is -3.96. The second-order valence-corrected chi connectivity index (χ2v) is 7.74. The maximum atomic E-state index is 12.7. The Balaban J connectivity index is 1.74. The molecule has 0 saturated heterocycles. The molecular formula is C15H14F2N4O2S2. The van der Waals surface area contributed by atoms with Crippen molar-refractivity contribution in [2.75, 3.05) is 0 Å². The Kier molecular flexibility index (Phi) is 4.93. The van der Waals surface area contributed by atoms with Crippen molar-refractivity contribution in [2.24, 2.45) is 0 Å². The van der Waals surface area contributed by atoms with Crippen molar-refractivity contribution in [3.05, 3.63) is 53.3 Å². The number of hydrogen-bond acceptors (Lipinski definition) is 5. The van der Waals surface area contributed by atoms with Crippen molar-refractivity contribution in [1.29, 1.82) is 0 Å². The average molecular weight is 384 g/mol. The van der Waals surface area contributed by atoms with Crippen molar-refractivity contribution in [3.8, 4) is 10.6 Å². The van der Waals surface area contributed by atoms with E-state index in [2.05, 4.69) is 14.8 Å². The van der Waals surface area contributed by atoms with Crippen LogP contribution in [0.5, 0.6) is 0 Å². The quantitative estimate of drug-likeness (QED) is 0.708. The van der Waals surface area contributed by atoms with E-state index in [1.54, 1.807) is 5.38 Å². The van der Waals surface area contributed by atoms with Crippen LogP contribution in [0.15, 0.2) is 46.8 Å². The fraction of sp³-hybridized carbons (Fsp3) is 0.200. The molecule has 1 N–H and O–H groups in total. The molecule has 25 heavy (non-hydrogen) atoms. The number of hydrogen-bond donors (Lipinski definition) is 1. The van der Waals surface area contributed by atoms with Crippen LogP contribution in [0.3, 0.4) is 0 Å². The number of nitrogens with one attached hydrogen (secondary N) is 1. The van der Waals surface area contributed by atoms with Crippen LogP contribution in [-0.4, -0.2) is 23.2 Å². The Morgan fingerprint density at radius 1 is 1.28 bits per heavy atom. The lowest BCUT2D eigenvalue weighted by molar-refractivity contribution is 0.0541. The number of alkyl halides is 2. The third-order valence-corrected chi connectivity index (χ3v) is 5.93. The van der Waals surface area contributed by atoms with Crippen LogP contribution >= 0.6 is 11.3 Å². The summed E-state index contributed by atoms with van der Waals surface area (Å²) in [6.07, 6.45) is 0.917. The molecule has 2 aromatic heterocycles. The summed E-state index contributed by atoms with van der Waals surface area (Å²) in [6.45, 7) is -1.65. The van der Waals surface area contributed by atoms with E-state index < -0.39 is 16.6 Å². The van der Waals surface area contributed by atoms with Gasteiger partial charge in [0, 0.05) is 10.9 Å². The number of aromatic nitrogens is 3. The maximum Gasteiger partial charge on any atom is 0.333 e. The van der Waals surface area contributed by atoms with Gasteiger partial charge in [-0.15, -0.1) is 11.3 Å². The summed E-state index contributed by atoms with van der Waals surface area (Å²) in [7, 11) is -3.96. The Morgan fingerprint density at radius 2 is 2.00 bits per heavy atom. The first-order valence-corrected chi connectivity index (χ1v) is 9.56. The van der Waals surface area contributed by atoms with E-state index in [9.17, 15) is 17.2 Å². The van der Waals surface area contributed by atoms with Gasteiger partial charge in [0.1, 0.15) is 9.90 Å². The topological polar surface area (TPSA) is 76.9 Å². The minimum absolute atomic E-state index is 0.0367. The first-order chi connectivity index (χ1) is 11.9. The molecule has 10 heteroatoms. The van der Waals surface area contributed by atoms with Gasteiger partial charge in [-0.25, -0.2) is 22.8 Å². The summed E-state index contributed by atoms with van der Waals surface area (Å²) in [4.78, 5) is 4.11. The third-order valence-electron chi connectivity index (χ3n) is 3.49. The van der Waals surface area contributed by atoms with E-state index in [0.29, 0.717) is 10.4 Å². The molecule has 6 nitrogen and oxygen atoms in total. The average Bonchev–Trinajstić information content (AvgIpc) is 3.21. The van der Waals surface area contributed by atoms with Gasteiger partial charge in [-0.1, -0.05) is 30.3 Å². The lowest BCUT2D eigenvalue weighted by Gasteiger charge is -2.06. The molecule has 0 amide bonds. The minimum Gasteiger partial charge on any atom is -0.240 e. The molecule has 0 fully saturated rings. The number of sulfonamides is 1. The summed E-state index contributed by atoms with van der Waals surface area (Å²) < 4.78 is 52.8. The van der Waals surface area contributed by atoms with Gasteiger partial charge >= 0.3 is 6.55 Å². The molecule has 3 rings (SSSR count). The van der Waals surface area contributed by atoms with Gasteiger partial charge in [0.2, 0.25) is 10.0 Å². The fourth-order valence-corrected chi connectivity index (χ4v) is 4.20. The molecule has 0 radical (unpaired) electrons. The van der Waals surface area contributed by atoms with Gasteiger partial charge in [0.05, 0.1) is 24.1 Å². The molecule has 2 heterocycles. The highest BCUT2D eigenvalue weighted by Crippen LogP contribution is 2.24. The summed E-state index contributed by atoms with van der Waals surface area (Å²) in [6, 6.07) is 9.50. The summed E-state index contributed by atoms with van der Waals surface area (Å²) in [5.41, 5.74) is 1.37. The molecule has 1 aromatic carbocycles. The number of halogens is 2. The van der Waals surface area contributed by atoms with E-state index in [4.69, 9.17) is 0 Å². The van der Waals surface area contributed by atoms with Gasteiger partial charge in [0.15, 0.2) is 0 Å². The predicted octanol–water partition coefficient (Wildman–Crippen LogP) is 3.19. The molecule has 132 valence electrons. The van der Waals surface area contributed by atoms with E-state index in [1.807, 2.05) is 30.3 Å². The lowest BCUT2D eigenvalue weighted by atomic mass is 10.2. The fourth-order valence-electron chi connectivity index (χ4n) is 2.22. The first-order valence-electron chi connectivity index (χ1n) is 7.20. The largest absolute Gasteiger partial charge is 0.333 e. The van der Waals surface area contributed by atoms with Gasteiger partial charge in [-0.2, -0.15) is 13.9 Å². The van der Waals surface area contributed by atoms with Crippen molar-refractivity contribution in [3.63, 3.8) is 0 Å². The highest BCUT2D eigenvalue weighted by Gasteiger charge is 2.23. The standard InChI is InChI=1S/C15H14F2N4O2S2/c1-10-13(8-18-21(10)15(16)17)25(22,23)19-7-12-9-24-14(20-12)11-5-3-2-4-6-11/h2-6,8-9,15,19H,7H2,1H3. The predicted molar refractivity (Wildman–Crippen MR) is 89.8 cm³/mol. The molecule has 0 aliphatic heterocycles. The Morgan fingerprint density at radius 3 is 2.64 bits per heavy atom. The molecule has 0 unspecified atom stereocenters. The summed E-state index contributed by atoms with van der Waals surface area (Å²) in [5, 5.41) is 5.94. The van der Waals surface area contributed by atoms with Crippen LogP contribution in [0.1, 0.15) is 17.9 Å². The summed E-state index contributed by atoms with van der Waals surface area (Å²) >= 11 is 1.40. The second-order valence-electron chi connectivity index (χ2n) is 5.15. The Bertz CT molecular complexity index is 969. The molecule has 3 aromatic rings. The zero-order valence-electron chi connectivity index (χ0n) is 13.1. The van der Waals surface area contributed by atoms with Gasteiger partial charge in [-0.3, -0.25) is 0 Å². The number of benzene rings is 1. The number of thiazole rings is 1. The van der Waals surface area contributed by atoms with Crippen molar-refractivity contribution < 1.29 is 17.2 Å². The van der Waals surface area contributed by atoms with Gasteiger partial charge in [0.25, 0.3) is 0 Å². The van der Waals surface area contributed by atoms with E-state index in [0.717, 1.165) is 16.8 Å². The zero-order valence-corrected chi connectivity index (χ0v) is 14.7. The Labute approximate surface area is 147 Å². The highest BCUT2D eigenvalue weighted by atomic mass is 32.2. The lowest BCUT2D eigenvalue weighted by Crippen LogP contribution is -2.24. The molecule has 0 bridgehead atoms. The smallest absolute Gasteiger partial charge is 0.240 e. The SMILES string of the molecule is Cc1c(S(=O)(=O)NCc2csc(-c3ccccc3)n2)cnn1C(F)F. The zero-order chi connectivity index (χ0) is 18.0. The van der Waals surface area contributed by atoms with Crippen LogP contribution in [0.2, 0.25) is 0 Å². The normalized spacial score (nSPS) is 12.0. The van der Waals surface area contributed by atoms with Crippen molar-refractivity contribution in [1.82, 2.24) is 19.5 Å². The van der Waals surface area contributed by atoms with Crippen molar-refractivity contribution in [2.45, 2.75) is 24.9 Å². The number of nitrogens with zero attached hydrogens (tertiary/aromatic N) is 3. The van der Waals surface area contributed by atoms with Crippen LogP contribution < -0.4 is 4.72 Å². The molecule has 0 aliphatic carbocycles. The number of rotatable bonds is 6. The van der Waals surface area contributed by atoms with Crippen LogP contribution in [0.25, 0.3) is 10.6 Å². The molecule has 0 saturated carbocycles. The molecule has 0 aliphatic rings. The highest BCUT2D eigenvalue weighted by molar-refractivity contribution is 7.89. The van der Waals surface area contributed by atoms with Crippen LogP contribution in [-0.2, 0) is 16.6 Å². The van der Waals surface area contributed by atoms with Crippen molar-refractivity contribution >= 4 is 21.4 Å². The third kappa shape index (κ3) is 3.75. The molecule has 0 atom stereocenters. The van der Waals surface area contributed by atoms with E-state index in [-0.39, 0.29) is 17.1 Å². The molecule has 0 spiro atoms. The summed E-state index contributed by atoms with van der Waals surface area (Å²) in [5.74, 6) is 0. The monoisotopic (exact) mass is 384 g/mol. The first kappa shape index (κ1) is 17.6. The van der Waals surface area contributed by atoms with E-state index >= 15 is 0 Å².